The fourth-order valence-corrected chi connectivity index (χ4v) is 2.73. The van der Waals surface area contributed by atoms with Gasteiger partial charge in [-0.2, -0.15) is 0 Å². The van der Waals surface area contributed by atoms with Gasteiger partial charge in [0.05, 0.1) is 0 Å². The first-order valence-corrected chi connectivity index (χ1v) is 7.07. The topological polar surface area (TPSA) is 46.3 Å². The Morgan fingerprint density at radius 2 is 2.15 bits per heavy atom. The van der Waals surface area contributed by atoms with E-state index in [-0.39, 0.29) is 6.04 Å². The minimum atomic E-state index is 0.225. The second-order valence-electron chi connectivity index (χ2n) is 5.19. The second kappa shape index (κ2) is 5.90. The summed E-state index contributed by atoms with van der Waals surface area (Å²) in [6, 6.07) is 10.2. The van der Waals surface area contributed by atoms with Crippen molar-refractivity contribution in [2.75, 3.05) is 6.54 Å². The Morgan fingerprint density at radius 1 is 1.30 bits per heavy atom. The predicted molar refractivity (Wildman–Crippen MR) is 76.1 cm³/mol. The lowest BCUT2D eigenvalue weighted by atomic mass is 10.0. The summed E-state index contributed by atoms with van der Waals surface area (Å²) in [6.45, 7) is 0.848. The highest BCUT2D eigenvalue weighted by molar-refractivity contribution is 5.57. The van der Waals surface area contributed by atoms with Gasteiger partial charge in [0.2, 0.25) is 6.41 Å². The normalized spacial score (nSPS) is 19.0. The van der Waals surface area contributed by atoms with Gasteiger partial charge in [-0.1, -0.05) is 30.3 Å². The molecule has 1 fully saturated rings. The molecule has 4 nitrogen and oxygen atoms in total. The van der Waals surface area contributed by atoms with E-state index in [1.807, 2.05) is 35.2 Å². The molecule has 4 heteroatoms. The van der Waals surface area contributed by atoms with E-state index in [1.165, 1.54) is 6.42 Å². The number of carbonyl (C=O) groups is 1. The number of rotatable bonds is 4. The van der Waals surface area contributed by atoms with Gasteiger partial charge in [0, 0.05) is 24.6 Å². The van der Waals surface area contributed by atoms with E-state index in [9.17, 15) is 4.79 Å². The van der Waals surface area contributed by atoms with E-state index in [1.54, 1.807) is 6.26 Å². The van der Waals surface area contributed by atoms with Crippen molar-refractivity contribution in [2.24, 2.45) is 0 Å². The van der Waals surface area contributed by atoms with Gasteiger partial charge in [0.15, 0.2) is 5.89 Å². The number of carbonyl (C=O) groups excluding carboxylic acids is 1. The van der Waals surface area contributed by atoms with Crippen molar-refractivity contribution < 1.29 is 9.21 Å². The summed E-state index contributed by atoms with van der Waals surface area (Å²) >= 11 is 0. The van der Waals surface area contributed by atoms with E-state index < -0.39 is 0 Å². The van der Waals surface area contributed by atoms with Crippen LogP contribution in [0.3, 0.4) is 0 Å². The van der Waals surface area contributed by atoms with Crippen molar-refractivity contribution in [2.45, 2.75) is 31.7 Å². The molecule has 1 saturated heterocycles. The smallest absolute Gasteiger partial charge is 0.209 e. The van der Waals surface area contributed by atoms with Gasteiger partial charge in [-0.3, -0.25) is 4.79 Å². The van der Waals surface area contributed by atoms with Gasteiger partial charge in [-0.05, 0) is 19.3 Å². The summed E-state index contributed by atoms with van der Waals surface area (Å²) in [6.07, 6.45) is 6.63. The zero-order valence-corrected chi connectivity index (χ0v) is 11.4. The molecule has 1 aromatic carbocycles. The summed E-state index contributed by atoms with van der Waals surface area (Å²) in [5.41, 5.74) is 1.91. The van der Waals surface area contributed by atoms with Crippen molar-refractivity contribution >= 4 is 6.41 Å². The van der Waals surface area contributed by atoms with E-state index in [0.29, 0.717) is 12.3 Å². The molecule has 2 heterocycles. The van der Waals surface area contributed by atoms with E-state index in [0.717, 1.165) is 37.1 Å². The third-order valence-electron chi connectivity index (χ3n) is 3.84. The molecule has 0 bridgehead atoms. The predicted octanol–water partition coefficient (Wildman–Crippen LogP) is 2.90. The monoisotopic (exact) mass is 270 g/mol. The molecule has 1 aliphatic rings. The van der Waals surface area contributed by atoms with Crippen molar-refractivity contribution in [3.05, 3.63) is 42.5 Å². The SMILES string of the molecule is O=CN1CCCCC1Cc1nc(-c2ccccc2)co1. The third-order valence-corrected chi connectivity index (χ3v) is 3.84. The van der Waals surface area contributed by atoms with Crippen LogP contribution in [0.1, 0.15) is 25.2 Å². The lowest BCUT2D eigenvalue weighted by Gasteiger charge is -2.31. The van der Waals surface area contributed by atoms with Crippen LogP contribution < -0.4 is 0 Å². The molecular weight excluding hydrogens is 252 g/mol. The van der Waals surface area contributed by atoms with Crippen molar-refractivity contribution in [3.63, 3.8) is 0 Å². The van der Waals surface area contributed by atoms with Crippen LogP contribution in [0.2, 0.25) is 0 Å². The van der Waals surface area contributed by atoms with E-state index in [4.69, 9.17) is 4.42 Å². The number of hydrogen-bond donors (Lipinski definition) is 0. The molecule has 0 saturated carbocycles. The zero-order valence-electron chi connectivity index (χ0n) is 11.4. The molecule has 1 aliphatic heterocycles. The maximum absolute atomic E-state index is 11.1. The van der Waals surface area contributed by atoms with Crippen molar-refractivity contribution in [3.8, 4) is 11.3 Å². The number of aromatic nitrogens is 1. The summed E-state index contributed by atoms with van der Waals surface area (Å²) in [5, 5.41) is 0. The average molecular weight is 270 g/mol. The molecular formula is C16H18N2O2. The van der Waals surface area contributed by atoms with Crippen LogP contribution in [0, 0.1) is 0 Å². The molecule has 1 amide bonds. The highest BCUT2D eigenvalue weighted by atomic mass is 16.3. The van der Waals surface area contributed by atoms with Gasteiger partial charge in [-0.15, -0.1) is 0 Å². The third kappa shape index (κ3) is 2.74. The largest absolute Gasteiger partial charge is 0.448 e. The molecule has 0 spiro atoms. The first kappa shape index (κ1) is 12.9. The second-order valence-corrected chi connectivity index (χ2v) is 5.19. The summed E-state index contributed by atoms with van der Waals surface area (Å²) < 4.78 is 5.56. The molecule has 3 rings (SSSR count). The van der Waals surface area contributed by atoms with Crippen LogP contribution in [-0.2, 0) is 11.2 Å². The van der Waals surface area contributed by atoms with Gasteiger partial charge < -0.3 is 9.32 Å². The Bertz CT molecular complexity index is 565. The molecule has 2 aromatic rings. The van der Waals surface area contributed by atoms with Crippen LogP contribution in [0.5, 0.6) is 0 Å². The van der Waals surface area contributed by atoms with Gasteiger partial charge >= 0.3 is 0 Å². The Hall–Kier alpha value is -2.10. The number of nitrogens with zero attached hydrogens (tertiary/aromatic N) is 2. The lowest BCUT2D eigenvalue weighted by Crippen LogP contribution is -2.39. The molecule has 0 radical (unpaired) electrons. The number of amides is 1. The maximum Gasteiger partial charge on any atom is 0.209 e. The van der Waals surface area contributed by atoms with Crippen molar-refractivity contribution in [1.29, 1.82) is 0 Å². The average Bonchev–Trinajstić information content (AvgIpc) is 2.97. The van der Waals surface area contributed by atoms with Gasteiger partial charge in [0.25, 0.3) is 0 Å². The standard InChI is InChI=1S/C16H18N2O2/c19-12-18-9-5-4-8-14(18)10-16-17-15(11-20-16)13-6-2-1-3-7-13/h1-3,6-7,11-12,14H,4-5,8-10H2. The number of likely N-dealkylation sites (tertiary alicyclic amines) is 1. The Kier molecular flexibility index (Phi) is 3.81. The first-order valence-electron chi connectivity index (χ1n) is 7.07. The summed E-state index contributed by atoms with van der Waals surface area (Å²) in [4.78, 5) is 17.5. The highest BCUT2D eigenvalue weighted by Crippen LogP contribution is 2.22. The van der Waals surface area contributed by atoms with Crippen LogP contribution in [0.25, 0.3) is 11.3 Å². The zero-order chi connectivity index (χ0) is 13.8. The number of benzene rings is 1. The van der Waals surface area contributed by atoms with Crippen molar-refractivity contribution in [1.82, 2.24) is 9.88 Å². The minimum Gasteiger partial charge on any atom is -0.448 e. The quantitative estimate of drug-likeness (QED) is 0.802. The molecule has 1 aromatic heterocycles. The van der Waals surface area contributed by atoms with Crippen LogP contribution in [0.4, 0.5) is 0 Å². The Balaban J connectivity index is 1.72. The molecule has 1 unspecified atom stereocenters. The summed E-state index contributed by atoms with van der Waals surface area (Å²) in [5.74, 6) is 0.711. The van der Waals surface area contributed by atoms with Crippen LogP contribution in [-0.4, -0.2) is 28.9 Å². The molecule has 104 valence electrons. The fraction of sp³-hybridized carbons (Fsp3) is 0.375. The van der Waals surface area contributed by atoms with Crippen LogP contribution in [0.15, 0.2) is 41.0 Å². The Morgan fingerprint density at radius 3 is 2.95 bits per heavy atom. The molecule has 1 atom stereocenters. The Labute approximate surface area is 118 Å². The molecule has 0 aliphatic carbocycles. The molecule has 20 heavy (non-hydrogen) atoms. The first-order chi connectivity index (χ1) is 9.86. The lowest BCUT2D eigenvalue weighted by molar-refractivity contribution is -0.121. The number of hydrogen-bond acceptors (Lipinski definition) is 3. The van der Waals surface area contributed by atoms with E-state index in [2.05, 4.69) is 4.98 Å². The van der Waals surface area contributed by atoms with E-state index >= 15 is 0 Å². The maximum atomic E-state index is 11.1. The van der Waals surface area contributed by atoms with Crippen LogP contribution >= 0.6 is 0 Å². The van der Waals surface area contributed by atoms with Gasteiger partial charge in [0.1, 0.15) is 12.0 Å². The minimum absolute atomic E-state index is 0.225. The fourth-order valence-electron chi connectivity index (χ4n) is 2.73. The number of oxazole rings is 1. The molecule has 0 N–H and O–H groups in total. The van der Waals surface area contributed by atoms with Gasteiger partial charge in [-0.25, -0.2) is 4.98 Å². The highest BCUT2D eigenvalue weighted by Gasteiger charge is 2.23. The number of piperidine rings is 1. The summed E-state index contributed by atoms with van der Waals surface area (Å²) in [7, 11) is 0.